The molecule has 2 aromatic heterocycles. The first kappa shape index (κ1) is 23.7. The van der Waals surface area contributed by atoms with Gasteiger partial charge in [-0.05, 0) is 61.0 Å². The molecule has 0 aliphatic heterocycles. The molecular weight excluding hydrogens is 469 g/mol. The maximum atomic E-state index is 13.4. The number of pyridine rings is 1. The smallest absolute Gasteiger partial charge is 0.433 e. The third-order valence-electron chi connectivity index (χ3n) is 5.17. The lowest BCUT2D eigenvalue weighted by Crippen LogP contribution is -2.11. The highest BCUT2D eigenvalue weighted by Gasteiger charge is 2.33. The van der Waals surface area contributed by atoms with E-state index in [9.17, 15) is 28.2 Å². The molecule has 4 aromatic rings. The summed E-state index contributed by atoms with van der Waals surface area (Å²) in [4.78, 5) is 14.6. The Labute approximate surface area is 196 Å². The number of alkyl halides is 3. The van der Waals surface area contributed by atoms with Gasteiger partial charge in [0, 0.05) is 6.54 Å². The van der Waals surface area contributed by atoms with Crippen LogP contribution in [0, 0.1) is 6.92 Å². The minimum absolute atomic E-state index is 0.0205. The molecule has 0 spiro atoms. The highest BCUT2D eigenvalue weighted by atomic mass is 19.4. The highest BCUT2D eigenvalue weighted by Crippen LogP contribution is 2.39. The molecular formula is C24H19F3N2O6. The highest BCUT2D eigenvalue weighted by molar-refractivity contribution is 5.86. The van der Waals surface area contributed by atoms with Gasteiger partial charge in [0.05, 0.1) is 11.1 Å². The Bertz CT molecular complexity index is 1400. The van der Waals surface area contributed by atoms with Crippen LogP contribution in [-0.4, -0.2) is 37.4 Å². The molecule has 0 aliphatic carbocycles. The average Bonchev–Trinajstić information content (AvgIpc) is 3.05. The van der Waals surface area contributed by atoms with Crippen molar-refractivity contribution in [3.8, 4) is 28.7 Å². The van der Waals surface area contributed by atoms with Gasteiger partial charge in [0.15, 0.2) is 23.9 Å². The lowest BCUT2D eigenvalue weighted by Gasteiger charge is -2.12. The zero-order valence-corrected chi connectivity index (χ0v) is 18.2. The van der Waals surface area contributed by atoms with Crippen molar-refractivity contribution in [3.05, 3.63) is 71.5 Å². The van der Waals surface area contributed by atoms with Crippen molar-refractivity contribution in [2.24, 2.45) is 0 Å². The predicted molar refractivity (Wildman–Crippen MR) is 118 cm³/mol. The maximum absolute atomic E-state index is 13.4. The molecule has 35 heavy (non-hydrogen) atoms. The summed E-state index contributed by atoms with van der Waals surface area (Å²) in [6, 6.07) is 12.2. The van der Waals surface area contributed by atoms with Gasteiger partial charge in [-0.1, -0.05) is 6.07 Å². The largest absolute Gasteiger partial charge is 0.508 e. The van der Waals surface area contributed by atoms with Crippen molar-refractivity contribution in [2.45, 2.75) is 19.6 Å². The van der Waals surface area contributed by atoms with E-state index < -0.39 is 24.4 Å². The molecule has 11 heteroatoms. The SMILES string of the molecule is Cc1c(Oc2ccc(O)cc2)c2ccc(C(F)(F)F)nc2n1Cc1ccc(O)c(OCC(=O)O)c1. The molecule has 0 saturated carbocycles. The Hall–Kier alpha value is -4.41. The lowest BCUT2D eigenvalue weighted by molar-refractivity contribution is -0.141. The Balaban J connectivity index is 1.80. The summed E-state index contributed by atoms with van der Waals surface area (Å²) >= 11 is 0. The molecule has 8 nitrogen and oxygen atoms in total. The van der Waals surface area contributed by atoms with Crippen LogP contribution in [0.15, 0.2) is 54.6 Å². The number of aromatic hydroxyl groups is 2. The number of fused-ring (bicyclic) bond motifs is 1. The fourth-order valence-corrected chi connectivity index (χ4v) is 3.51. The molecule has 3 N–H and O–H groups in total. The molecule has 0 atom stereocenters. The summed E-state index contributed by atoms with van der Waals surface area (Å²) in [6.07, 6.45) is -4.66. The third-order valence-corrected chi connectivity index (χ3v) is 5.17. The number of carboxylic acids is 1. The predicted octanol–water partition coefficient (Wildman–Crippen LogP) is 5.08. The van der Waals surface area contributed by atoms with Gasteiger partial charge in [0.1, 0.15) is 22.8 Å². The first-order valence-electron chi connectivity index (χ1n) is 10.2. The molecule has 2 heterocycles. The van der Waals surface area contributed by atoms with E-state index in [0.29, 0.717) is 22.4 Å². The summed E-state index contributed by atoms with van der Waals surface area (Å²) in [5.41, 5.74) is -0.0668. The Kier molecular flexibility index (Phi) is 6.16. The standard InChI is InChI=1S/C24H19F3N2O6/c1-13-22(35-16-5-3-15(30)4-6-16)17-7-9-20(24(25,26)27)28-23(17)29(13)11-14-2-8-18(31)19(10-14)34-12-21(32)33/h2-10,30-31H,11-12H2,1H3,(H,32,33). The van der Waals surface area contributed by atoms with Crippen molar-refractivity contribution in [3.63, 3.8) is 0 Å². The molecule has 4 rings (SSSR count). The Morgan fingerprint density at radius 3 is 2.43 bits per heavy atom. The van der Waals surface area contributed by atoms with E-state index >= 15 is 0 Å². The van der Waals surface area contributed by atoms with Crippen LogP contribution < -0.4 is 9.47 Å². The van der Waals surface area contributed by atoms with Crippen LogP contribution in [0.3, 0.4) is 0 Å². The van der Waals surface area contributed by atoms with Crippen molar-refractivity contribution >= 4 is 17.0 Å². The summed E-state index contributed by atoms with van der Waals surface area (Å²) in [5.74, 6) is -0.920. The quantitative estimate of drug-likeness (QED) is 0.332. The maximum Gasteiger partial charge on any atom is 0.433 e. The summed E-state index contributed by atoms with van der Waals surface area (Å²) < 4.78 is 52.7. The van der Waals surface area contributed by atoms with Gasteiger partial charge in [-0.3, -0.25) is 0 Å². The van der Waals surface area contributed by atoms with Crippen LogP contribution >= 0.6 is 0 Å². The zero-order valence-electron chi connectivity index (χ0n) is 18.2. The van der Waals surface area contributed by atoms with Gasteiger partial charge in [0.25, 0.3) is 0 Å². The molecule has 0 radical (unpaired) electrons. The van der Waals surface area contributed by atoms with Crippen LogP contribution in [0.1, 0.15) is 17.0 Å². The summed E-state index contributed by atoms with van der Waals surface area (Å²) in [5, 5.41) is 28.6. The first-order chi connectivity index (χ1) is 16.5. The zero-order chi connectivity index (χ0) is 25.3. The second-order valence-electron chi connectivity index (χ2n) is 7.65. The van der Waals surface area contributed by atoms with Crippen LogP contribution in [0.25, 0.3) is 11.0 Å². The number of nitrogens with zero attached hydrogens (tertiary/aromatic N) is 2. The molecule has 0 amide bonds. The Morgan fingerprint density at radius 2 is 1.77 bits per heavy atom. The fourth-order valence-electron chi connectivity index (χ4n) is 3.51. The number of phenols is 2. The normalized spacial score (nSPS) is 11.5. The fraction of sp³-hybridized carbons (Fsp3) is 0.167. The number of ether oxygens (including phenoxy) is 2. The van der Waals surface area contributed by atoms with Gasteiger partial charge in [-0.2, -0.15) is 13.2 Å². The van der Waals surface area contributed by atoms with E-state index in [2.05, 4.69) is 4.98 Å². The monoisotopic (exact) mass is 488 g/mol. The number of aromatic nitrogens is 2. The van der Waals surface area contributed by atoms with E-state index in [-0.39, 0.29) is 35.2 Å². The van der Waals surface area contributed by atoms with Crippen molar-refractivity contribution < 1.29 is 42.8 Å². The van der Waals surface area contributed by atoms with Crippen LogP contribution in [0.4, 0.5) is 13.2 Å². The number of hydrogen-bond donors (Lipinski definition) is 3. The number of hydrogen-bond acceptors (Lipinski definition) is 6. The second-order valence-corrected chi connectivity index (χ2v) is 7.65. The molecule has 0 bridgehead atoms. The van der Waals surface area contributed by atoms with E-state index in [1.165, 1.54) is 53.1 Å². The summed E-state index contributed by atoms with van der Waals surface area (Å²) in [6.45, 7) is 1.01. The first-order valence-corrected chi connectivity index (χ1v) is 10.2. The van der Waals surface area contributed by atoms with Crippen molar-refractivity contribution in [1.82, 2.24) is 9.55 Å². The van der Waals surface area contributed by atoms with E-state index in [1.807, 2.05) is 0 Å². The van der Waals surface area contributed by atoms with Gasteiger partial charge in [0.2, 0.25) is 0 Å². The van der Waals surface area contributed by atoms with Gasteiger partial charge >= 0.3 is 12.1 Å². The van der Waals surface area contributed by atoms with Crippen molar-refractivity contribution in [2.75, 3.05) is 6.61 Å². The van der Waals surface area contributed by atoms with E-state index in [0.717, 1.165) is 6.07 Å². The average molecular weight is 488 g/mol. The third kappa shape index (κ3) is 5.08. The minimum atomic E-state index is -4.66. The summed E-state index contributed by atoms with van der Waals surface area (Å²) in [7, 11) is 0. The second kappa shape index (κ2) is 9.09. The topological polar surface area (TPSA) is 114 Å². The Morgan fingerprint density at radius 1 is 1.06 bits per heavy atom. The minimum Gasteiger partial charge on any atom is -0.508 e. The number of rotatable bonds is 7. The number of halogens is 3. The molecule has 0 aliphatic rings. The van der Waals surface area contributed by atoms with Crippen LogP contribution in [-0.2, 0) is 17.5 Å². The van der Waals surface area contributed by atoms with Gasteiger partial charge in [-0.25, -0.2) is 9.78 Å². The van der Waals surface area contributed by atoms with Gasteiger partial charge < -0.3 is 29.4 Å². The van der Waals surface area contributed by atoms with Gasteiger partial charge in [-0.15, -0.1) is 0 Å². The number of benzene rings is 2. The lowest BCUT2D eigenvalue weighted by atomic mass is 10.2. The van der Waals surface area contributed by atoms with Crippen molar-refractivity contribution in [1.29, 1.82) is 0 Å². The molecule has 2 aromatic carbocycles. The number of aliphatic carboxylic acids is 1. The van der Waals surface area contributed by atoms with E-state index in [1.54, 1.807) is 6.92 Å². The molecule has 0 fully saturated rings. The number of carbonyl (C=O) groups is 1. The molecule has 182 valence electrons. The number of phenolic OH excluding ortho intramolecular Hbond substituents is 2. The van der Waals surface area contributed by atoms with Crippen LogP contribution in [0.2, 0.25) is 0 Å². The van der Waals surface area contributed by atoms with Crippen LogP contribution in [0.5, 0.6) is 28.7 Å². The molecule has 0 unspecified atom stereocenters. The molecule has 0 saturated heterocycles. The number of carboxylic acid groups (broad SMARTS) is 1. The van der Waals surface area contributed by atoms with E-state index in [4.69, 9.17) is 14.6 Å².